The molecule has 0 saturated heterocycles. The van der Waals surface area contributed by atoms with Crippen LogP contribution in [0.3, 0.4) is 0 Å². The van der Waals surface area contributed by atoms with E-state index in [-0.39, 0.29) is 0 Å². The minimum atomic E-state index is -0.510. The van der Waals surface area contributed by atoms with Crippen LogP contribution in [0.5, 0.6) is 0 Å². The molecule has 3 heterocycles. The molecule has 0 radical (unpaired) electrons. The van der Waals surface area contributed by atoms with Gasteiger partial charge in [0.25, 0.3) is 0 Å². The van der Waals surface area contributed by atoms with Gasteiger partial charge in [-0.2, -0.15) is 4.39 Å². The predicted molar refractivity (Wildman–Crippen MR) is 80.2 cm³/mol. The largest absolute Gasteiger partial charge is 0.264 e. The van der Waals surface area contributed by atoms with Crippen LogP contribution in [0.1, 0.15) is 0 Å². The molecule has 4 rings (SSSR count). The van der Waals surface area contributed by atoms with E-state index in [4.69, 9.17) is 0 Å². The van der Waals surface area contributed by atoms with Gasteiger partial charge in [0, 0.05) is 29.5 Å². The van der Waals surface area contributed by atoms with E-state index in [1.807, 2.05) is 42.5 Å². The quantitative estimate of drug-likeness (QED) is 0.389. The van der Waals surface area contributed by atoms with Gasteiger partial charge in [-0.3, -0.25) is 4.98 Å². The first-order valence-corrected chi connectivity index (χ1v) is 6.58. The molecular formula is C17H10FN3. The molecule has 3 aromatic heterocycles. The van der Waals surface area contributed by atoms with Crippen molar-refractivity contribution in [3.63, 3.8) is 0 Å². The van der Waals surface area contributed by atoms with E-state index < -0.39 is 5.95 Å². The number of hydrogen-bond acceptors (Lipinski definition) is 3. The maximum absolute atomic E-state index is 14.3. The Bertz CT molecular complexity index is 952. The Labute approximate surface area is 120 Å². The average Bonchev–Trinajstić information content (AvgIpc) is 2.55. The predicted octanol–water partition coefficient (Wildman–Crippen LogP) is 3.98. The molecule has 0 amide bonds. The smallest absolute Gasteiger partial charge is 0.222 e. The number of benzene rings is 1. The third-order valence-electron chi connectivity index (χ3n) is 3.50. The highest BCUT2D eigenvalue weighted by Gasteiger charge is 2.14. The van der Waals surface area contributed by atoms with Crippen LogP contribution >= 0.6 is 0 Å². The van der Waals surface area contributed by atoms with Gasteiger partial charge in [0.15, 0.2) is 0 Å². The third kappa shape index (κ3) is 1.84. The summed E-state index contributed by atoms with van der Waals surface area (Å²) >= 11 is 0. The number of para-hydroxylation sites is 1. The third-order valence-corrected chi connectivity index (χ3v) is 3.50. The lowest BCUT2D eigenvalue weighted by molar-refractivity contribution is 0.597. The summed E-state index contributed by atoms with van der Waals surface area (Å²) in [5.41, 5.74) is 2.18. The Morgan fingerprint density at radius 2 is 1.76 bits per heavy atom. The van der Waals surface area contributed by atoms with Gasteiger partial charge in [-0.05, 0) is 29.7 Å². The minimum absolute atomic E-state index is 0.434. The van der Waals surface area contributed by atoms with E-state index in [0.717, 1.165) is 21.9 Å². The zero-order chi connectivity index (χ0) is 14.2. The molecule has 0 unspecified atom stereocenters. The van der Waals surface area contributed by atoms with Crippen LogP contribution in [0.25, 0.3) is 32.9 Å². The zero-order valence-corrected chi connectivity index (χ0v) is 11.0. The summed E-state index contributed by atoms with van der Waals surface area (Å²) in [6, 6.07) is 13.2. The summed E-state index contributed by atoms with van der Waals surface area (Å²) in [5.74, 6) is -0.510. The fourth-order valence-corrected chi connectivity index (χ4v) is 2.57. The molecule has 3 nitrogen and oxygen atoms in total. The number of halogens is 1. The van der Waals surface area contributed by atoms with Crippen molar-refractivity contribution in [2.45, 2.75) is 0 Å². The van der Waals surface area contributed by atoms with E-state index in [2.05, 4.69) is 15.0 Å². The summed E-state index contributed by atoms with van der Waals surface area (Å²) in [4.78, 5) is 12.5. The number of pyridine rings is 3. The van der Waals surface area contributed by atoms with E-state index >= 15 is 0 Å². The van der Waals surface area contributed by atoms with Gasteiger partial charge in [0.2, 0.25) is 5.95 Å². The number of nitrogens with zero attached hydrogens (tertiary/aromatic N) is 3. The lowest BCUT2D eigenvalue weighted by Gasteiger charge is -2.09. The van der Waals surface area contributed by atoms with Crippen LogP contribution in [-0.4, -0.2) is 15.0 Å². The zero-order valence-electron chi connectivity index (χ0n) is 11.0. The molecule has 0 fully saturated rings. The van der Waals surface area contributed by atoms with E-state index in [1.54, 1.807) is 12.4 Å². The Kier molecular flexibility index (Phi) is 2.60. The molecule has 0 aliphatic carbocycles. The minimum Gasteiger partial charge on any atom is -0.264 e. The number of fused-ring (bicyclic) bond motifs is 3. The molecule has 21 heavy (non-hydrogen) atoms. The first-order valence-electron chi connectivity index (χ1n) is 6.58. The first kappa shape index (κ1) is 11.9. The SMILES string of the molecule is Fc1nccc2c1c(-c1cccnc1)nc1ccccc12. The standard InChI is InChI=1S/C17H10FN3/c18-17-15-13(7-9-20-17)12-5-1-2-6-14(12)21-16(15)11-4-3-8-19-10-11/h1-10H. The first-order chi connectivity index (χ1) is 10.3. The van der Waals surface area contributed by atoms with Crippen molar-refractivity contribution in [3.8, 4) is 11.3 Å². The monoisotopic (exact) mass is 275 g/mol. The topological polar surface area (TPSA) is 38.7 Å². The van der Waals surface area contributed by atoms with Gasteiger partial charge in [-0.15, -0.1) is 0 Å². The van der Waals surface area contributed by atoms with Gasteiger partial charge in [-0.25, -0.2) is 9.97 Å². The average molecular weight is 275 g/mol. The summed E-state index contributed by atoms with van der Waals surface area (Å²) in [5, 5.41) is 2.16. The van der Waals surface area contributed by atoms with Crippen molar-refractivity contribution in [1.82, 2.24) is 15.0 Å². The van der Waals surface area contributed by atoms with Crippen molar-refractivity contribution < 1.29 is 4.39 Å². The van der Waals surface area contributed by atoms with Gasteiger partial charge in [-0.1, -0.05) is 18.2 Å². The van der Waals surface area contributed by atoms with Crippen LogP contribution in [0.15, 0.2) is 61.1 Å². The van der Waals surface area contributed by atoms with Gasteiger partial charge < -0.3 is 0 Å². The molecule has 0 bridgehead atoms. The Morgan fingerprint density at radius 1 is 0.857 bits per heavy atom. The molecule has 0 saturated carbocycles. The highest BCUT2D eigenvalue weighted by Crippen LogP contribution is 2.32. The summed E-state index contributed by atoms with van der Waals surface area (Å²) in [6.07, 6.45) is 4.85. The summed E-state index contributed by atoms with van der Waals surface area (Å²) < 4.78 is 14.3. The van der Waals surface area contributed by atoms with Crippen LogP contribution in [0.4, 0.5) is 4.39 Å². The molecule has 100 valence electrons. The molecule has 0 N–H and O–H groups in total. The van der Waals surface area contributed by atoms with Crippen LogP contribution in [0, 0.1) is 5.95 Å². The Morgan fingerprint density at radius 3 is 2.62 bits per heavy atom. The summed E-state index contributed by atoms with van der Waals surface area (Å²) in [7, 11) is 0. The summed E-state index contributed by atoms with van der Waals surface area (Å²) in [6.45, 7) is 0. The van der Waals surface area contributed by atoms with Crippen molar-refractivity contribution in [3.05, 3.63) is 67.0 Å². The van der Waals surface area contributed by atoms with Gasteiger partial charge in [0.1, 0.15) is 0 Å². The highest BCUT2D eigenvalue weighted by molar-refractivity contribution is 6.10. The van der Waals surface area contributed by atoms with E-state index in [0.29, 0.717) is 11.1 Å². The number of hydrogen-bond donors (Lipinski definition) is 0. The lowest BCUT2D eigenvalue weighted by atomic mass is 10.0. The van der Waals surface area contributed by atoms with Crippen LogP contribution in [-0.2, 0) is 0 Å². The van der Waals surface area contributed by atoms with Crippen molar-refractivity contribution >= 4 is 21.7 Å². The normalized spacial score (nSPS) is 11.1. The number of aromatic nitrogens is 3. The van der Waals surface area contributed by atoms with E-state index in [9.17, 15) is 4.39 Å². The molecule has 0 aliphatic heterocycles. The molecule has 4 aromatic rings. The second kappa shape index (κ2) is 4.59. The van der Waals surface area contributed by atoms with Crippen LogP contribution < -0.4 is 0 Å². The second-order valence-corrected chi connectivity index (χ2v) is 4.74. The maximum atomic E-state index is 14.3. The van der Waals surface area contributed by atoms with Crippen LogP contribution in [0.2, 0.25) is 0 Å². The molecule has 1 aromatic carbocycles. The van der Waals surface area contributed by atoms with E-state index in [1.165, 1.54) is 6.20 Å². The Balaban J connectivity index is 2.23. The molecule has 0 aliphatic rings. The molecule has 4 heteroatoms. The molecule has 0 spiro atoms. The van der Waals surface area contributed by atoms with Gasteiger partial charge >= 0.3 is 0 Å². The number of rotatable bonds is 1. The Hall–Kier alpha value is -2.88. The van der Waals surface area contributed by atoms with Crippen molar-refractivity contribution in [1.29, 1.82) is 0 Å². The maximum Gasteiger partial charge on any atom is 0.222 e. The fourth-order valence-electron chi connectivity index (χ4n) is 2.57. The molecular weight excluding hydrogens is 265 g/mol. The van der Waals surface area contributed by atoms with Crippen molar-refractivity contribution in [2.75, 3.05) is 0 Å². The fraction of sp³-hybridized carbons (Fsp3) is 0. The van der Waals surface area contributed by atoms with Crippen molar-refractivity contribution in [2.24, 2.45) is 0 Å². The lowest BCUT2D eigenvalue weighted by Crippen LogP contribution is -1.94. The van der Waals surface area contributed by atoms with Gasteiger partial charge in [0.05, 0.1) is 16.6 Å². The second-order valence-electron chi connectivity index (χ2n) is 4.74. The highest BCUT2D eigenvalue weighted by atomic mass is 19.1. The molecule has 0 atom stereocenters.